The molecule has 1 aliphatic heterocycles. The standard InChI is InChI=1S/C13H17ClN4/c14-12-11-7-10(15)4-6-18(11)13(17-12)9-3-1-2-5-16-8-9/h4,6-7,9,16H,1-3,5,8,15H2. The minimum Gasteiger partial charge on any atom is -0.399 e. The van der Waals surface area contributed by atoms with Crippen molar-refractivity contribution in [1.29, 1.82) is 0 Å². The van der Waals surface area contributed by atoms with Gasteiger partial charge in [0.05, 0.1) is 5.52 Å². The van der Waals surface area contributed by atoms with E-state index in [4.69, 9.17) is 17.3 Å². The first-order valence-electron chi connectivity index (χ1n) is 6.39. The Hall–Kier alpha value is -1.26. The molecule has 0 radical (unpaired) electrons. The van der Waals surface area contributed by atoms with Crippen molar-refractivity contribution in [3.63, 3.8) is 0 Å². The van der Waals surface area contributed by atoms with Crippen LogP contribution < -0.4 is 11.1 Å². The quantitative estimate of drug-likeness (QED) is 0.832. The highest BCUT2D eigenvalue weighted by Gasteiger charge is 2.20. The van der Waals surface area contributed by atoms with Gasteiger partial charge in [-0.1, -0.05) is 18.0 Å². The predicted octanol–water partition coefficient (Wildman–Crippen LogP) is 2.43. The number of imidazole rings is 1. The molecule has 3 rings (SSSR count). The van der Waals surface area contributed by atoms with Crippen molar-refractivity contribution >= 4 is 22.8 Å². The lowest BCUT2D eigenvalue weighted by atomic mass is 10.0. The van der Waals surface area contributed by atoms with E-state index >= 15 is 0 Å². The molecule has 18 heavy (non-hydrogen) atoms. The van der Waals surface area contributed by atoms with Crippen LogP contribution in [0.2, 0.25) is 5.15 Å². The fourth-order valence-corrected chi connectivity index (χ4v) is 2.85. The largest absolute Gasteiger partial charge is 0.399 e. The highest BCUT2D eigenvalue weighted by atomic mass is 35.5. The zero-order valence-corrected chi connectivity index (χ0v) is 11.0. The molecular weight excluding hydrogens is 248 g/mol. The number of nitrogens with one attached hydrogen (secondary N) is 1. The Bertz CT molecular complexity index is 555. The number of hydrogen-bond acceptors (Lipinski definition) is 3. The van der Waals surface area contributed by atoms with Crippen molar-refractivity contribution in [2.24, 2.45) is 0 Å². The molecule has 1 fully saturated rings. The number of hydrogen-bond donors (Lipinski definition) is 2. The molecule has 2 aromatic heterocycles. The van der Waals surface area contributed by atoms with Crippen LogP contribution >= 0.6 is 11.6 Å². The van der Waals surface area contributed by atoms with Crippen LogP contribution in [-0.2, 0) is 0 Å². The zero-order valence-electron chi connectivity index (χ0n) is 10.2. The summed E-state index contributed by atoms with van der Waals surface area (Å²) in [5.41, 5.74) is 7.41. The fourth-order valence-electron chi connectivity index (χ4n) is 2.61. The maximum atomic E-state index is 6.20. The Morgan fingerprint density at radius 2 is 2.33 bits per heavy atom. The Balaban J connectivity index is 2.05. The molecule has 0 aliphatic carbocycles. The van der Waals surface area contributed by atoms with Gasteiger partial charge in [-0.2, -0.15) is 0 Å². The first-order chi connectivity index (χ1) is 8.75. The molecule has 0 spiro atoms. The van der Waals surface area contributed by atoms with Gasteiger partial charge in [-0.15, -0.1) is 0 Å². The van der Waals surface area contributed by atoms with Gasteiger partial charge in [0, 0.05) is 24.3 Å². The first-order valence-corrected chi connectivity index (χ1v) is 6.77. The van der Waals surface area contributed by atoms with Crippen molar-refractivity contribution in [3.8, 4) is 0 Å². The summed E-state index contributed by atoms with van der Waals surface area (Å²) < 4.78 is 2.07. The Kier molecular flexibility index (Phi) is 3.14. The third-order valence-electron chi connectivity index (χ3n) is 3.56. The van der Waals surface area contributed by atoms with Gasteiger partial charge in [0.2, 0.25) is 0 Å². The average molecular weight is 265 g/mol. The van der Waals surface area contributed by atoms with Crippen LogP contribution in [0, 0.1) is 0 Å². The molecule has 1 unspecified atom stereocenters. The van der Waals surface area contributed by atoms with E-state index in [1.807, 2.05) is 18.3 Å². The number of aromatic nitrogens is 2. The van der Waals surface area contributed by atoms with Crippen molar-refractivity contribution in [2.45, 2.75) is 25.2 Å². The molecule has 1 saturated heterocycles. The highest BCUT2D eigenvalue weighted by molar-refractivity contribution is 6.32. The van der Waals surface area contributed by atoms with Crippen LogP contribution in [0.25, 0.3) is 5.52 Å². The molecule has 1 atom stereocenters. The Morgan fingerprint density at radius 3 is 3.22 bits per heavy atom. The summed E-state index contributed by atoms with van der Waals surface area (Å²) in [5, 5.41) is 4.00. The van der Waals surface area contributed by atoms with Gasteiger partial charge in [0.25, 0.3) is 0 Å². The van der Waals surface area contributed by atoms with Crippen LogP contribution in [0.4, 0.5) is 5.69 Å². The molecule has 1 aliphatic rings. The summed E-state index contributed by atoms with van der Waals surface area (Å²) in [6.07, 6.45) is 5.59. The van der Waals surface area contributed by atoms with Gasteiger partial charge in [-0.25, -0.2) is 4.98 Å². The number of pyridine rings is 1. The van der Waals surface area contributed by atoms with E-state index in [0.29, 0.717) is 11.1 Å². The maximum Gasteiger partial charge on any atom is 0.155 e. The molecule has 0 amide bonds. The third-order valence-corrected chi connectivity index (χ3v) is 3.84. The molecule has 5 heteroatoms. The number of halogens is 1. The van der Waals surface area contributed by atoms with Crippen LogP contribution in [-0.4, -0.2) is 22.5 Å². The van der Waals surface area contributed by atoms with Gasteiger partial charge in [-0.05, 0) is 31.5 Å². The summed E-state index contributed by atoms with van der Waals surface area (Å²) in [5.74, 6) is 1.47. The number of anilines is 1. The zero-order chi connectivity index (χ0) is 12.5. The minimum absolute atomic E-state index is 0.427. The Morgan fingerprint density at radius 1 is 1.44 bits per heavy atom. The summed E-state index contributed by atoms with van der Waals surface area (Å²) >= 11 is 6.20. The van der Waals surface area contributed by atoms with E-state index in [-0.39, 0.29) is 0 Å². The molecule has 96 valence electrons. The topological polar surface area (TPSA) is 55.4 Å². The molecule has 0 saturated carbocycles. The summed E-state index contributed by atoms with van der Waals surface area (Å²) in [7, 11) is 0. The maximum absolute atomic E-state index is 6.20. The van der Waals surface area contributed by atoms with Gasteiger partial charge in [0.15, 0.2) is 5.15 Å². The van der Waals surface area contributed by atoms with Gasteiger partial charge >= 0.3 is 0 Å². The van der Waals surface area contributed by atoms with Gasteiger partial charge < -0.3 is 15.5 Å². The van der Waals surface area contributed by atoms with Crippen molar-refractivity contribution in [1.82, 2.24) is 14.7 Å². The lowest BCUT2D eigenvalue weighted by Gasteiger charge is -2.13. The molecule has 3 heterocycles. The van der Waals surface area contributed by atoms with E-state index in [0.717, 1.165) is 36.5 Å². The van der Waals surface area contributed by atoms with Crippen LogP contribution in [0.15, 0.2) is 18.3 Å². The van der Waals surface area contributed by atoms with Crippen LogP contribution in [0.1, 0.15) is 31.0 Å². The predicted molar refractivity (Wildman–Crippen MR) is 74.1 cm³/mol. The fraction of sp³-hybridized carbons (Fsp3) is 0.462. The molecule has 0 aromatic carbocycles. The first kappa shape index (κ1) is 11.8. The second-order valence-electron chi connectivity index (χ2n) is 4.87. The van der Waals surface area contributed by atoms with Gasteiger partial charge in [0.1, 0.15) is 5.82 Å². The van der Waals surface area contributed by atoms with Crippen molar-refractivity contribution in [2.75, 3.05) is 18.8 Å². The van der Waals surface area contributed by atoms with Crippen molar-refractivity contribution < 1.29 is 0 Å². The summed E-state index contributed by atoms with van der Waals surface area (Å²) in [4.78, 5) is 4.53. The van der Waals surface area contributed by atoms with Crippen molar-refractivity contribution in [3.05, 3.63) is 29.3 Å². The SMILES string of the molecule is Nc1ccn2c(C3CCCCNC3)nc(Cl)c2c1. The molecule has 4 nitrogen and oxygen atoms in total. The lowest BCUT2D eigenvalue weighted by molar-refractivity contribution is 0.576. The third kappa shape index (κ3) is 2.06. The van der Waals surface area contributed by atoms with E-state index in [1.54, 1.807) is 0 Å². The second-order valence-corrected chi connectivity index (χ2v) is 5.23. The van der Waals surface area contributed by atoms with Crippen LogP contribution in [0.3, 0.4) is 0 Å². The van der Waals surface area contributed by atoms with E-state index in [1.165, 1.54) is 12.8 Å². The normalized spacial score (nSPS) is 21.1. The monoisotopic (exact) mass is 264 g/mol. The molecule has 2 aromatic rings. The number of nitrogens with zero attached hydrogens (tertiary/aromatic N) is 2. The lowest BCUT2D eigenvalue weighted by Crippen LogP contribution is -2.20. The number of nitrogens with two attached hydrogens (primary N) is 1. The second kappa shape index (κ2) is 4.78. The van der Waals surface area contributed by atoms with E-state index < -0.39 is 0 Å². The number of rotatable bonds is 1. The molecule has 3 N–H and O–H groups in total. The highest BCUT2D eigenvalue weighted by Crippen LogP contribution is 2.28. The minimum atomic E-state index is 0.427. The van der Waals surface area contributed by atoms with E-state index in [9.17, 15) is 0 Å². The number of fused-ring (bicyclic) bond motifs is 1. The average Bonchev–Trinajstić information content (AvgIpc) is 2.58. The number of nitrogen functional groups attached to an aromatic ring is 1. The smallest absolute Gasteiger partial charge is 0.155 e. The molecule has 0 bridgehead atoms. The molecular formula is C13H17ClN4. The summed E-state index contributed by atoms with van der Waals surface area (Å²) in [6.45, 7) is 2.07. The Labute approximate surface area is 111 Å². The van der Waals surface area contributed by atoms with E-state index in [2.05, 4.69) is 14.7 Å². The summed E-state index contributed by atoms with van der Waals surface area (Å²) in [6, 6.07) is 3.77. The van der Waals surface area contributed by atoms with Gasteiger partial charge in [-0.3, -0.25) is 0 Å². The van der Waals surface area contributed by atoms with Crippen LogP contribution in [0.5, 0.6) is 0 Å².